The highest BCUT2D eigenvalue weighted by Gasteiger charge is 2.80. The Hall–Kier alpha value is -2.97. The molecular formula is C33H47N3O5. The molecule has 224 valence electrons. The number of carbonyl (C=O) groups excluding carboxylic acids is 3. The van der Waals surface area contributed by atoms with Gasteiger partial charge in [0.1, 0.15) is 11.6 Å². The third kappa shape index (κ3) is 5.48. The van der Waals surface area contributed by atoms with Crippen LogP contribution in [0.1, 0.15) is 58.4 Å². The molecule has 1 N–H and O–H groups in total. The summed E-state index contributed by atoms with van der Waals surface area (Å²) in [6, 6.07) is 8.95. The van der Waals surface area contributed by atoms with Gasteiger partial charge in [-0.2, -0.15) is 0 Å². The highest BCUT2D eigenvalue weighted by Crippen LogP contribution is 2.65. The van der Waals surface area contributed by atoms with E-state index in [1.54, 1.807) is 26.9 Å². The number of rotatable bonds is 15. The van der Waals surface area contributed by atoms with Gasteiger partial charge in [-0.25, -0.2) is 0 Å². The fourth-order valence-electron chi connectivity index (χ4n) is 7.48. The molecule has 1 aromatic rings. The van der Waals surface area contributed by atoms with Gasteiger partial charge in [0.25, 0.3) is 0 Å². The summed E-state index contributed by atoms with van der Waals surface area (Å²) >= 11 is 0. The van der Waals surface area contributed by atoms with Gasteiger partial charge in [0.15, 0.2) is 0 Å². The Bertz CT molecular complexity index is 1130. The van der Waals surface area contributed by atoms with Crippen molar-refractivity contribution in [3.63, 3.8) is 0 Å². The van der Waals surface area contributed by atoms with Crippen LogP contribution in [0, 0.1) is 17.8 Å². The Morgan fingerprint density at radius 3 is 2.41 bits per heavy atom. The molecule has 2 bridgehead atoms. The van der Waals surface area contributed by atoms with Crippen molar-refractivity contribution in [1.29, 1.82) is 0 Å². The van der Waals surface area contributed by atoms with E-state index in [0.29, 0.717) is 52.0 Å². The molecule has 3 saturated heterocycles. The summed E-state index contributed by atoms with van der Waals surface area (Å²) in [5.74, 6) is -1.86. The van der Waals surface area contributed by atoms with Gasteiger partial charge in [0, 0.05) is 39.3 Å². The molecule has 8 nitrogen and oxygen atoms in total. The van der Waals surface area contributed by atoms with E-state index < -0.39 is 29.1 Å². The number of amides is 3. The third-order valence-corrected chi connectivity index (χ3v) is 9.40. The number of carbonyl (C=O) groups is 3. The lowest BCUT2D eigenvalue weighted by Crippen LogP contribution is -2.57. The summed E-state index contributed by atoms with van der Waals surface area (Å²) < 4.78 is 6.92. The molecule has 6 atom stereocenters. The number of benzene rings is 1. The van der Waals surface area contributed by atoms with Crippen LogP contribution < -0.4 is 0 Å². The summed E-state index contributed by atoms with van der Waals surface area (Å²) in [5, 5.41) is 9.31. The first kappa shape index (κ1) is 31.0. The van der Waals surface area contributed by atoms with Crippen molar-refractivity contribution in [3.05, 3.63) is 61.2 Å². The Kier molecular flexibility index (Phi) is 9.75. The molecule has 3 fully saturated rings. The van der Waals surface area contributed by atoms with Crippen LogP contribution in [0.2, 0.25) is 0 Å². The van der Waals surface area contributed by atoms with Crippen LogP contribution in [0.25, 0.3) is 0 Å². The molecule has 1 spiro atoms. The van der Waals surface area contributed by atoms with Crippen LogP contribution in [-0.2, 0) is 25.7 Å². The molecule has 3 amide bonds. The van der Waals surface area contributed by atoms with Crippen molar-refractivity contribution in [3.8, 4) is 0 Å². The fraction of sp³-hybridized carbons (Fsp3) is 0.606. The van der Waals surface area contributed by atoms with Crippen molar-refractivity contribution in [2.75, 3.05) is 32.8 Å². The number of nitrogens with zero attached hydrogens (tertiary/aromatic N) is 3. The highest BCUT2D eigenvalue weighted by molar-refractivity contribution is 5.99. The maximum Gasteiger partial charge on any atom is 0.248 e. The van der Waals surface area contributed by atoms with Gasteiger partial charge >= 0.3 is 0 Å². The van der Waals surface area contributed by atoms with Crippen LogP contribution in [0.5, 0.6) is 0 Å². The van der Waals surface area contributed by atoms with Crippen LogP contribution in [0.3, 0.4) is 0 Å². The number of hydrogen-bond acceptors (Lipinski definition) is 5. The number of aliphatic hydroxyl groups excluding tert-OH is 1. The van der Waals surface area contributed by atoms with Crippen LogP contribution >= 0.6 is 0 Å². The number of likely N-dealkylation sites (tertiary alicyclic amines) is 1. The molecule has 4 rings (SSSR count). The molecular weight excluding hydrogens is 518 g/mol. The van der Waals surface area contributed by atoms with Crippen molar-refractivity contribution in [2.24, 2.45) is 17.8 Å². The average molecular weight is 566 g/mol. The SMILES string of the molecule is C=CCN(Cc1ccccc1)C(=O)C1N(CCCCCO)C(=O)[C@@H]2[C@H](C(=O)N(CC=C)CCC)[C@@]3(C)OC12CC3C. The summed E-state index contributed by atoms with van der Waals surface area (Å²) in [6.07, 6.45) is 6.78. The first-order chi connectivity index (χ1) is 19.7. The van der Waals surface area contributed by atoms with Gasteiger partial charge in [-0.05, 0) is 50.5 Å². The van der Waals surface area contributed by atoms with Crippen molar-refractivity contribution in [1.82, 2.24) is 14.7 Å². The standard InChI is InChI=1S/C33H47N3O5/c1-6-17-34(18-7-2)29(38)26-27-30(39)36(20-13-10-14-21-37)28(33(27)22-24(4)32(26,5)41-33)31(40)35(19-8-3)23-25-15-11-9-12-16-25/h6,8-9,11-12,15-16,24,26-28,37H,1,3,7,10,13-14,17-23H2,2,4-5H3/t24?,26-,27+,28?,32+,33?/m1/s1. The van der Waals surface area contributed by atoms with Gasteiger partial charge in [-0.15, -0.1) is 13.2 Å². The lowest BCUT2D eigenvalue weighted by atomic mass is 9.62. The minimum Gasteiger partial charge on any atom is -0.396 e. The van der Waals surface area contributed by atoms with Crippen LogP contribution in [0.15, 0.2) is 55.6 Å². The van der Waals surface area contributed by atoms with E-state index in [1.165, 1.54) is 0 Å². The molecule has 0 aromatic heterocycles. The lowest BCUT2D eigenvalue weighted by molar-refractivity contribution is -0.155. The second kappa shape index (κ2) is 12.9. The van der Waals surface area contributed by atoms with E-state index in [2.05, 4.69) is 20.1 Å². The normalized spacial score (nSPS) is 29.9. The Labute approximate surface area is 245 Å². The minimum absolute atomic E-state index is 0.0145. The summed E-state index contributed by atoms with van der Waals surface area (Å²) in [7, 11) is 0. The minimum atomic E-state index is -1.08. The number of aliphatic hydroxyl groups is 1. The second-order valence-corrected chi connectivity index (χ2v) is 12.1. The second-order valence-electron chi connectivity index (χ2n) is 12.1. The lowest BCUT2D eigenvalue weighted by Gasteiger charge is -2.39. The van der Waals surface area contributed by atoms with E-state index in [9.17, 15) is 19.5 Å². The van der Waals surface area contributed by atoms with Crippen LogP contribution in [-0.4, -0.2) is 87.6 Å². The predicted molar refractivity (Wildman–Crippen MR) is 159 cm³/mol. The summed E-state index contributed by atoms with van der Waals surface area (Å²) in [5.41, 5.74) is -0.948. The Balaban J connectivity index is 1.76. The van der Waals surface area contributed by atoms with Crippen molar-refractivity contribution >= 4 is 17.7 Å². The molecule has 3 unspecified atom stereocenters. The maximum atomic E-state index is 14.6. The quantitative estimate of drug-likeness (QED) is 0.258. The smallest absolute Gasteiger partial charge is 0.248 e. The Morgan fingerprint density at radius 2 is 1.78 bits per heavy atom. The molecule has 1 aromatic carbocycles. The highest BCUT2D eigenvalue weighted by atomic mass is 16.5. The zero-order valence-electron chi connectivity index (χ0n) is 25.0. The molecule has 0 radical (unpaired) electrons. The van der Waals surface area contributed by atoms with Gasteiger partial charge in [0.05, 0.1) is 17.4 Å². The molecule has 41 heavy (non-hydrogen) atoms. The number of fused-ring (bicyclic) bond motifs is 1. The summed E-state index contributed by atoms with van der Waals surface area (Å²) in [6.45, 7) is 15.9. The number of hydrogen-bond donors (Lipinski definition) is 1. The number of unbranched alkanes of at least 4 members (excludes halogenated alkanes) is 2. The first-order valence-electron chi connectivity index (χ1n) is 15.1. The summed E-state index contributed by atoms with van der Waals surface area (Å²) in [4.78, 5) is 48.4. The zero-order chi connectivity index (χ0) is 29.8. The zero-order valence-corrected chi connectivity index (χ0v) is 25.0. The topological polar surface area (TPSA) is 90.4 Å². The van der Waals surface area contributed by atoms with Crippen molar-refractivity contribution < 1.29 is 24.2 Å². The third-order valence-electron chi connectivity index (χ3n) is 9.40. The van der Waals surface area contributed by atoms with Gasteiger partial charge in [0.2, 0.25) is 17.7 Å². The van der Waals surface area contributed by atoms with E-state index in [4.69, 9.17) is 4.74 Å². The first-order valence-corrected chi connectivity index (χ1v) is 15.1. The Morgan fingerprint density at radius 1 is 1.10 bits per heavy atom. The predicted octanol–water partition coefficient (Wildman–Crippen LogP) is 3.80. The van der Waals surface area contributed by atoms with Gasteiger partial charge < -0.3 is 24.5 Å². The molecule has 3 heterocycles. The van der Waals surface area contributed by atoms with Crippen LogP contribution in [0.4, 0.5) is 0 Å². The van der Waals surface area contributed by atoms with Gasteiger partial charge in [-0.1, -0.05) is 56.3 Å². The monoisotopic (exact) mass is 565 g/mol. The van der Waals surface area contributed by atoms with E-state index >= 15 is 0 Å². The number of ether oxygens (including phenoxy) is 1. The van der Waals surface area contributed by atoms with Gasteiger partial charge in [-0.3, -0.25) is 14.4 Å². The van der Waals surface area contributed by atoms with Crippen molar-refractivity contribution in [2.45, 2.75) is 76.7 Å². The fourth-order valence-corrected chi connectivity index (χ4v) is 7.48. The van der Waals surface area contributed by atoms with E-state index in [0.717, 1.165) is 18.4 Å². The van der Waals surface area contributed by atoms with E-state index in [1.807, 2.05) is 44.2 Å². The average Bonchev–Trinajstić information content (AvgIpc) is 3.47. The molecule has 3 aliphatic heterocycles. The molecule has 3 aliphatic rings. The van der Waals surface area contributed by atoms with E-state index in [-0.39, 0.29) is 30.2 Å². The maximum absolute atomic E-state index is 14.6. The molecule has 8 heteroatoms. The molecule has 0 saturated carbocycles. The largest absolute Gasteiger partial charge is 0.396 e. The molecule has 0 aliphatic carbocycles.